The number of nitrogens with one attached hydrogen (secondary N) is 1. The van der Waals surface area contributed by atoms with Crippen molar-refractivity contribution < 1.29 is 14.0 Å². The van der Waals surface area contributed by atoms with Gasteiger partial charge in [-0.25, -0.2) is 4.39 Å². The Morgan fingerprint density at radius 1 is 1.10 bits per heavy atom. The van der Waals surface area contributed by atoms with E-state index in [1.807, 2.05) is 51.1 Å². The molecule has 0 fully saturated rings. The Labute approximate surface area is 178 Å². The zero-order valence-electron chi connectivity index (χ0n) is 17.0. The zero-order chi connectivity index (χ0) is 21.7. The van der Waals surface area contributed by atoms with Gasteiger partial charge in [0.25, 0.3) is 5.91 Å². The highest BCUT2D eigenvalue weighted by Crippen LogP contribution is 2.28. The van der Waals surface area contributed by atoms with E-state index in [1.165, 1.54) is 22.4 Å². The first-order valence-electron chi connectivity index (χ1n) is 9.44. The third-order valence-corrected chi connectivity index (χ3v) is 4.80. The molecular formula is C22H23FN4O2S. The number of amides is 2. The molecule has 1 aromatic heterocycles. The second kappa shape index (κ2) is 9.13. The molecule has 8 heteroatoms. The zero-order valence-corrected chi connectivity index (χ0v) is 17.8. The molecule has 30 heavy (non-hydrogen) atoms. The Bertz CT molecular complexity index is 1000. The standard InChI is InChI=1S/C22H23FN4O2S/c1-22(2,3)24-20(28)19(16-11-7-8-12-17(16)23)27(13-15-9-5-4-6-10-15)21(29)18-14-30-26-25-18/h4-12,14,19H,13H2,1-3H3,(H,24,28)/t19-/m0/s1. The normalized spacial score (nSPS) is 12.3. The summed E-state index contributed by atoms with van der Waals surface area (Å²) < 4.78 is 18.6. The average molecular weight is 427 g/mol. The first kappa shape index (κ1) is 21.6. The van der Waals surface area contributed by atoms with E-state index in [-0.39, 0.29) is 17.8 Å². The second-order valence-electron chi connectivity index (χ2n) is 7.87. The van der Waals surface area contributed by atoms with Gasteiger partial charge >= 0.3 is 0 Å². The molecule has 1 heterocycles. The first-order valence-corrected chi connectivity index (χ1v) is 10.3. The lowest BCUT2D eigenvalue weighted by Gasteiger charge is -2.33. The fourth-order valence-electron chi connectivity index (χ4n) is 3.05. The van der Waals surface area contributed by atoms with Crippen LogP contribution in [0.2, 0.25) is 0 Å². The second-order valence-corrected chi connectivity index (χ2v) is 8.48. The highest BCUT2D eigenvalue weighted by Gasteiger charge is 2.36. The Morgan fingerprint density at radius 2 is 1.77 bits per heavy atom. The minimum Gasteiger partial charge on any atom is -0.349 e. The lowest BCUT2D eigenvalue weighted by molar-refractivity contribution is -0.127. The molecule has 0 saturated heterocycles. The molecule has 3 rings (SSSR count). The van der Waals surface area contributed by atoms with E-state index < -0.39 is 29.2 Å². The van der Waals surface area contributed by atoms with Crippen molar-refractivity contribution in [2.24, 2.45) is 0 Å². The lowest BCUT2D eigenvalue weighted by Crippen LogP contribution is -2.49. The fraction of sp³-hybridized carbons (Fsp3) is 0.273. The molecule has 0 spiro atoms. The van der Waals surface area contributed by atoms with Crippen LogP contribution in [0.4, 0.5) is 4.39 Å². The quantitative estimate of drug-likeness (QED) is 0.647. The van der Waals surface area contributed by atoms with Crippen molar-refractivity contribution in [3.63, 3.8) is 0 Å². The molecule has 1 atom stereocenters. The van der Waals surface area contributed by atoms with Crippen molar-refractivity contribution in [3.05, 3.63) is 82.6 Å². The largest absolute Gasteiger partial charge is 0.349 e. The van der Waals surface area contributed by atoms with Crippen LogP contribution in [-0.2, 0) is 11.3 Å². The van der Waals surface area contributed by atoms with Crippen LogP contribution in [0.3, 0.4) is 0 Å². The number of rotatable bonds is 6. The van der Waals surface area contributed by atoms with Gasteiger partial charge in [0.05, 0.1) is 0 Å². The van der Waals surface area contributed by atoms with Crippen molar-refractivity contribution in [1.82, 2.24) is 19.8 Å². The van der Waals surface area contributed by atoms with Crippen LogP contribution in [0.1, 0.15) is 48.4 Å². The molecule has 0 radical (unpaired) electrons. The molecule has 0 aliphatic heterocycles. The Kier molecular flexibility index (Phi) is 6.56. The Balaban J connectivity index is 2.10. The van der Waals surface area contributed by atoms with Gasteiger partial charge in [-0.2, -0.15) is 0 Å². The summed E-state index contributed by atoms with van der Waals surface area (Å²) in [6, 6.07) is 14.1. The van der Waals surface area contributed by atoms with Gasteiger partial charge < -0.3 is 10.2 Å². The summed E-state index contributed by atoms with van der Waals surface area (Å²) >= 11 is 1.04. The van der Waals surface area contributed by atoms with Crippen LogP contribution in [0.5, 0.6) is 0 Å². The predicted octanol–water partition coefficient (Wildman–Crippen LogP) is 3.98. The Hall–Kier alpha value is -3.13. The van der Waals surface area contributed by atoms with Crippen LogP contribution < -0.4 is 5.32 Å². The van der Waals surface area contributed by atoms with Crippen molar-refractivity contribution in [3.8, 4) is 0 Å². The van der Waals surface area contributed by atoms with Crippen molar-refractivity contribution in [2.75, 3.05) is 0 Å². The maximum atomic E-state index is 14.8. The molecule has 156 valence electrons. The van der Waals surface area contributed by atoms with Gasteiger partial charge in [-0.15, -0.1) is 5.10 Å². The number of aromatic nitrogens is 2. The number of carbonyl (C=O) groups is 2. The highest BCUT2D eigenvalue weighted by molar-refractivity contribution is 7.03. The number of hydrogen-bond acceptors (Lipinski definition) is 5. The topological polar surface area (TPSA) is 75.2 Å². The summed E-state index contributed by atoms with van der Waals surface area (Å²) in [5.74, 6) is -1.53. The maximum absolute atomic E-state index is 14.8. The average Bonchev–Trinajstić information content (AvgIpc) is 3.22. The van der Waals surface area contributed by atoms with Crippen molar-refractivity contribution >= 4 is 23.3 Å². The summed E-state index contributed by atoms with van der Waals surface area (Å²) in [6.07, 6.45) is 0. The maximum Gasteiger partial charge on any atom is 0.276 e. The molecule has 1 N–H and O–H groups in total. The van der Waals surface area contributed by atoms with Crippen molar-refractivity contribution in [1.29, 1.82) is 0 Å². The molecule has 2 aromatic carbocycles. The molecule has 0 unspecified atom stereocenters. The van der Waals surface area contributed by atoms with Gasteiger partial charge in [0.2, 0.25) is 5.91 Å². The molecule has 3 aromatic rings. The summed E-state index contributed by atoms with van der Waals surface area (Å²) in [5.41, 5.74) is 0.469. The van der Waals surface area contributed by atoms with Gasteiger partial charge in [-0.1, -0.05) is 53.0 Å². The van der Waals surface area contributed by atoms with E-state index in [1.54, 1.807) is 12.1 Å². The molecule has 6 nitrogen and oxygen atoms in total. The van der Waals surface area contributed by atoms with E-state index in [9.17, 15) is 14.0 Å². The van der Waals surface area contributed by atoms with Gasteiger partial charge in [-0.3, -0.25) is 9.59 Å². The summed E-state index contributed by atoms with van der Waals surface area (Å²) in [4.78, 5) is 28.0. The highest BCUT2D eigenvalue weighted by atomic mass is 32.1. The first-order chi connectivity index (χ1) is 14.3. The summed E-state index contributed by atoms with van der Waals surface area (Å²) in [7, 11) is 0. The third kappa shape index (κ3) is 5.27. The molecule has 0 aliphatic carbocycles. The molecule has 0 aliphatic rings. The SMILES string of the molecule is CC(C)(C)NC(=O)[C@H](c1ccccc1F)N(Cc1ccccc1)C(=O)c1csnn1. The Morgan fingerprint density at radius 3 is 2.37 bits per heavy atom. The van der Waals surface area contributed by atoms with E-state index >= 15 is 0 Å². The number of carbonyl (C=O) groups excluding carboxylic acids is 2. The van der Waals surface area contributed by atoms with E-state index in [2.05, 4.69) is 14.9 Å². The number of hydrogen-bond donors (Lipinski definition) is 1. The summed E-state index contributed by atoms with van der Waals surface area (Å²) in [6.45, 7) is 5.60. The fourth-order valence-corrected chi connectivity index (χ4v) is 3.48. The van der Waals surface area contributed by atoms with Crippen LogP contribution in [-0.4, -0.2) is 31.8 Å². The van der Waals surface area contributed by atoms with Crippen LogP contribution in [0, 0.1) is 5.82 Å². The monoisotopic (exact) mass is 426 g/mol. The molecule has 0 saturated carbocycles. The van der Waals surface area contributed by atoms with Crippen LogP contribution in [0.15, 0.2) is 60.0 Å². The lowest BCUT2D eigenvalue weighted by atomic mass is 10.00. The van der Waals surface area contributed by atoms with Crippen LogP contribution >= 0.6 is 11.5 Å². The smallest absolute Gasteiger partial charge is 0.276 e. The third-order valence-electron chi connectivity index (χ3n) is 4.29. The molecule has 2 amide bonds. The van der Waals surface area contributed by atoms with E-state index in [4.69, 9.17) is 0 Å². The van der Waals surface area contributed by atoms with Crippen LogP contribution in [0.25, 0.3) is 0 Å². The van der Waals surface area contributed by atoms with Crippen molar-refractivity contribution in [2.45, 2.75) is 38.9 Å². The number of halogens is 1. The minimum absolute atomic E-state index is 0.105. The number of nitrogens with zero attached hydrogens (tertiary/aromatic N) is 3. The minimum atomic E-state index is -1.18. The van der Waals surface area contributed by atoms with Gasteiger partial charge in [-0.05, 0) is 43.9 Å². The summed E-state index contributed by atoms with van der Waals surface area (Å²) in [5, 5.41) is 8.26. The van der Waals surface area contributed by atoms with Gasteiger partial charge in [0.1, 0.15) is 11.9 Å². The molecule has 0 bridgehead atoms. The van der Waals surface area contributed by atoms with E-state index in [0.717, 1.165) is 17.1 Å². The predicted molar refractivity (Wildman–Crippen MR) is 113 cm³/mol. The number of benzene rings is 2. The van der Waals surface area contributed by atoms with E-state index in [0.29, 0.717) is 0 Å². The molecular weight excluding hydrogens is 403 g/mol. The van der Waals surface area contributed by atoms with Gasteiger partial charge in [0, 0.05) is 23.0 Å². The van der Waals surface area contributed by atoms with Gasteiger partial charge in [0.15, 0.2) is 5.69 Å².